The van der Waals surface area contributed by atoms with Crippen LogP contribution in [-0.4, -0.2) is 39.2 Å². The highest BCUT2D eigenvalue weighted by Gasteiger charge is 2.11. The first-order valence-electron chi connectivity index (χ1n) is 6.67. The van der Waals surface area contributed by atoms with E-state index >= 15 is 0 Å². The molecule has 0 amide bonds. The molecule has 0 saturated heterocycles. The topological polar surface area (TPSA) is 41.3 Å². The summed E-state index contributed by atoms with van der Waals surface area (Å²) < 4.78 is 2.06. The summed E-state index contributed by atoms with van der Waals surface area (Å²) in [5.41, 5.74) is 1.87. The second-order valence-electron chi connectivity index (χ2n) is 4.50. The number of aromatic nitrogens is 2. The van der Waals surface area contributed by atoms with E-state index in [4.69, 9.17) is 11.6 Å². The lowest BCUT2D eigenvalue weighted by molar-refractivity contribution is 0.256. The minimum atomic E-state index is -0.0510. The number of imidazole rings is 1. The first-order chi connectivity index (χ1) is 9.19. The molecule has 0 fully saturated rings. The number of hydrogen-bond acceptors (Lipinski definition) is 3. The molecular formula is C14H20ClN3O. The molecule has 0 atom stereocenters. The molecule has 0 saturated carbocycles. The zero-order chi connectivity index (χ0) is 13.8. The number of benzene rings is 1. The van der Waals surface area contributed by atoms with Gasteiger partial charge in [0.15, 0.2) is 0 Å². The van der Waals surface area contributed by atoms with Gasteiger partial charge in [-0.3, -0.25) is 0 Å². The van der Waals surface area contributed by atoms with E-state index in [1.165, 1.54) is 0 Å². The lowest BCUT2D eigenvalue weighted by Gasteiger charge is -2.19. The fourth-order valence-corrected chi connectivity index (χ4v) is 2.46. The van der Waals surface area contributed by atoms with Crippen LogP contribution in [0.1, 0.15) is 19.7 Å². The molecule has 0 unspecified atom stereocenters. The highest BCUT2D eigenvalue weighted by molar-refractivity contribution is 6.31. The highest BCUT2D eigenvalue weighted by Crippen LogP contribution is 2.21. The van der Waals surface area contributed by atoms with E-state index in [0.717, 1.165) is 37.2 Å². The zero-order valence-corrected chi connectivity index (χ0v) is 12.2. The number of hydrogen-bond donors (Lipinski definition) is 1. The molecule has 1 aromatic carbocycles. The van der Waals surface area contributed by atoms with Gasteiger partial charge in [0.1, 0.15) is 12.4 Å². The molecule has 1 N–H and O–H groups in total. The van der Waals surface area contributed by atoms with Crippen molar-refractivity contribution >= 4 is 22.6 Å². The number of aliphatic hydroxyl groups is 1. The summed E-state index contributed by atoms with van der Waals surface area (Å²) in [6.45, 7) is 8.06. The Morgan fingerprint density at radius 1 is 1.32 bits per heavy atom. The maximum atomic E-state index is 9.44. The van der Waals surface area contributed by atoms with Crippen LogP contribution in [0.15, 0.2) is 18.2 Å². The van der Waals surface area contributed by atoms with Crippen LogP contribution in [0.2, 0.25) is 5.02 Å². The fraction of sp³-hybridized carbons (Fsp3) is 0.500. The molecule has 0 bridgehead atoms. The third-order valence-electron chi connectivity index (χ3n) is 3.47. The van der Waals surface area contributed by atoms with E-state index in [9.17, 15) is 5.11 Å². The van der Waals surface area contributed by atoms with Gasteiger partial charge < -0.3 is 14.6 Å². The monoisotopic (exact) mass is 281 g/mol. The second-order valence-corrected chi connectivity index (χ2v) is 4.93. The largest absolute Gasteiger partial charge is 0.388 e. The van der Waals surface area contributed by atoms with Crippen molar-refractivity contribution in [1.82, 2.24) is 14.5 Å². The van der Waals surface area contributed by atoms with Gasteiger partial charge in [-0.05, 0) is 31.3 Å². The second kappa shape index (κ2) is 6.37. The van der Waals surface area contributed by atoms with Crippen molar-refractivity contribution in [3.05, 3.63) is 29.0 Å². The van der Waals surface area contributed by atoms with Crippen molar-refractivity contribution in [2.45, 2.75) is 27.0 Å². The molecule has 2 rings (SSSR count). The normalized spacial score (nSPS) is 11.6. The predicted molar refractivity (Wildman–Crippen MR) is 78.5 cm³/mol. The molecule has 2 aromatic rings. The van der Waals surface area contributed by atoms with Gasteiger partial charge in [-0.2, -0.15) is 0 Å². The van der Waals surface area contributed by atoms with Crippen LogP contribution >= 0.6 is 11.6 Å². The van der Waals surface area contributed by atoms with Gasteiger partial charge in [0.2, 0.25) is 0 Å². The summed E-state index contributed by atoms with van der Waals surface area (Å²) in [6.07, 6.45) is 0. The molecule has 0 radical (unpaired) electrons. The number of rotatable bonds is 6. The maximum Gasteiger partial charge on any atom is 0.135 e. The molecule has 0 aliphatic rings. The van der Waals surface area contributed by atoms with Gasteiger partial charge in [-0.25, -0.2) is 4.98 Å². The Bertz CT molecular complexity index is 549. The minimum Gasteiger partial charge on any atom is -0.388 e. The number of halogens is 1. The van der Waals surface area contributed by atoms with E-state index in [-0.39, 0.29) is 6.61 Å². The molecule has 5 heteroatoms. The summed E-state index contributed by atoms with van der Waals surface area (Å²) in [5.74, 6) is 0.699. The molecule has 4 nitrogen and oxygen atoms in total. The minimum absolute atomic E-state index is 0.0510. The van der Waals surface area contributed by atoms with Gasteiger partial charge >= 0.3 is 0 Å². The average Bonchev–Trinajstić information content (AvgIpc) is 2.77. The molecule has 104 valence electrons. The molecule has 1 heterocycles. The first kappa shape index (κ1) is 14.3. The smallest absolute Gasteiger partial charge is 0.135 e. The summed E-state index contributed by atoms with van der Waals surface area (Å²) in [4.78, 5) is 6.78. The van der Waals surface area contributed by atoms with Crippen molar-refractivity contribution in [1.29, 1.82) is 0 Å². The van der Waals surface area contributed by atoms with Crippen molar-refractivity contribution in [2.75, 3.05) is 19.6 Å². The van der Waals surface area contributed by atoms with Crippen molar-refractivity contribution in [3.63, 3.8) is 0 Å². The molecule has 19 heavy (non-hydrogen) atoms. The van der Waals surface area contributed by atoms with Gasteiger partial charge in [-0.1, -0.05) is 25.4 Å². The Kier molecular flexibility index (Phi) is 4.80. The number of fused-ring (bicyclic) bond motifs is 1. The molecular weight excluding hydrogens is 262 g/mol. The molecule has 0 spiro atoms. The Balaban J connectivity index is 2.31. The molecule has 0 aliphatic carbocycles. The Labute approximate surface area is 118 Å². The van der Waals surface area contributed by atoms with Crippen molar-refractivity contribution in [2.24, 2.45) is 0 Å². The average molecular weight is 282 g/mol. The van der Waals surface area contributed by atoms with E-state index in [1.54, 1.807) is 0 Å². The van der Waals surface area contributed by atoms with Gasteiger partial charge in [0.05, 0.1) is 11.0 Å². The van der Waals surface area contributed by atoms with Crippen molar-refractivity contribution < 1.29 is 5.11 Å². The summed E-state index contributed by atoms with van der Waals surface area (Å²) in [6, 6.07) is 5.63. The fourth-order valence-electron chi connectivity index (χ4n) is 2.30. The van der Waals surface area contributed by atoms with Gasteiger partial charge in [0.25, 0.3) is 0 Å². The third kappa shape index (κ3) is 3.08. The number of likely N-dealkylation sites (N-methyl/N-ethyl adjacent to an activating group) is 1. The summed E-state index contributed by atoms with van der Waals surface area (Å²) in [5, 5.41) is 10.1. The Hall–Kier alpha value is -1.10. The summed E-state index contributed by atoms with van der Waals surface area (Å²) >= 11 is 6.05. The van der Waals surface area contributed by atoms with Crippen LogP contribution < -0.4 is 0 Å². The quantitative estimate of drug-likeness (QED) is 0.885. The SMILES string of the molecule is CCN(CC)CCn1c(CO)nc2ccc(Cl)cc21. The zero-order valence-electron chi connectivity index (χ0n) is 11.4. The lowest BCUT2D eigenvalue weighted by atomic mass is 10.3. The van der Waals surface area contributed by atoms with Gasteiger partial charge in [-0.15, -0.1) is 0 Å². The maximum absolute atomic E-state index is 9.44. The Morgan fingerprint density at radius 2 is 2.05 bits per heavy atom. The standard InChI is InChI=1S/C14H20ClN3O/c1-3-17(4-2)7-8-18-13-9-11(15)5-6-12(13)16-14(18)10-19/h5-6,9,19H,3-4,7-8,10H2,1-2H3. The van der Waals surface area contributed by atoms with Crippen LogP contribution in [0.5, 0.6) is 0 Å². The van der Waals surface area contributed by atoms with Crippen LogP contribution in [-0.2, 0) is 13.2 Å². The van der Waals surface area contributed by atoms with Crippen LogP contribution in [0.25, 0.3) is 11.0 Å². The van der Waals surface area contributed by atoms with E-state index < -0.39 is 0 Å². The predicted octanol–water partition coefficient (Wildman–Crippen LogP) is 2.52. The number of aliphatic hydroxyl groups excluding tert-OH is 1. The Morgan fingerprint density at radius 3 is 2.68 bits per heavy atom. The summed E-state index contributed by atoms with van der Waals surface area (Å²) in [7, 11) is 0. The molecule has 1 aromatic heterocycles. The molecule has 0 aliphatic heterocycles. The highest BCUT2D eigenvalue weighted by atomic mass is 35.5. The van der Waals surface area contributed by atoms with Crippen LogP contribution in [0.3, 0.4) is 0 Å². The number of nitrogens with zero attached hydrogens (tertiary/aromatic N) is 3. The van der Waals surface area contributed by atoms with E-state index in [1.807, 2.05) is 18.2 Å². The third-order valence-corrected chi connectivity index (χ3v) is 3.70. The van der Waals surface area contributed by atoms with Crippen LogP contribution in [0.4, 0.5) is 0 Å². The van der Waals surface area contributed by atoms with Gasteiger partial charge in [0, 0.05) is 18.1 Å². The first-order valence-corrected chi connectivity index (χ1v) is 7.05. The van der Waals surface area contributed by atoms with Crippen molar-refractivity contribution in [3.8, 4) is 0 Å². The lowest BCUT2D eigenvalue weighted by Crippen LogP contribution is -2.27. The van der Waals surface area contributed by atoms with Crippen LogP contribution in [0, 0.1) is 0 Å². The van der Waals surface area contributed by atoms with E-state index in [0.29, 0.717) is 10.8 Å². The van der Waals surface area contributed by atoms with E-state index in [2.05, 4.69) is 28.3 Å².